The lowest BCUT2D eigenvalue weighted by Crippen LogP contribution is -2.47. The molecule has 0 aromatic heterocycles. The summed E-state index contributed by atoms with van der Waals surface area (Å²) in [6.45, 7) is 3.52. The molecule has 2 amide bonds. The molecule has 0 unspecified atom stereocenters. The summed E-state index contributed by atoms with van der Waals surface area (Å²) in [4.78, 5) is 12.7. The molecular formula is C12H23N3O2. The molecule has 17 heavy (non-hydrogen) atoms. The third-order valence-electron chi connectivity index (χ3n) is 3.73. The van der Waals surface area contributed by atoms with Crippen LogP contribution in [0.25, 0.3) is 0 Å². The second-order valence-electron chi connectivity index (χ2n) is 4.98. The molecule has 0 spiro atoms. The Morgan fingerprint density at radius 2 is 2.12 bits per heavy atom. The summed E-state index contributed by atoms with van der Waals surface area (Å²) >= 11 is 0. The summed E-state index contributed by atoms with van der Waals surface area (Å²) in [7, 11) is 0. The summed E-state index contributed by atoms with van der Waals surface area (Å²) in [6, 6.07) is 0.245. The average molecular weight is 241 g/mol. The van der Waals surface area contributed by atoms with Crippen molar-refractivity contribution in [1.29, 1.82) is 0 Å². The molecule has 2 fully saturated rings. The molecule has 3 N–H and O–H groups in total. The van der Waals surface area contributed by atoms with E-state index in [1.54, 1.807) is 4.90 Å². The van der Waals surface area contributed by atoms with E-state index < -0.39 is 0 Å². The van der Waals surface area contributed by atoms with E-state index in [4.69, 9.17) is 10.5 Å². The van der Waals surface area contributed by atoms with Crippen LogP contribution in [0.2, 0.25) is 0 Å². The number of likely N-dealkylation sites (tertiary alicyclic amines) is 1. The van der Waals surface area contributed by atoms with Crippen molar-refractivity contribution in [2.75, 3.05) is 26.2 Å². The van der Waals surface area contributed by atoms with E-state index in [1.165, 1.54) is 12.8 Å². The van der Waals surface area contributed by atoms with Crippen molar-refractivity contribution in [2.45, 2.75) is 44.2 Å². The highest BCUT2D eigenvalue weighted by atomic mass is 16.5. The van der Waals surface area contributed by atoms with Crippen molar-refractivity contribution >= 4 is 6.03 Å². The zero-order chi connectivity index (χ0) is 12.1. The molecular weight excluding hydrogens is 218 g/mol. The predicted octanol–water partition coefficient (Wildman–Crippen LogP) is 0.688. The van der Waals surface area contributed by atoms with Crippen LogP contribution < -0.4 is 11.1 Å². The standard InChI is InChI=1S/C12H23N3O2/c13-12(16)15-7-4-10(5-8-15)14-6-3-11-2-1-9-17-11/h10-11,14H,1-9H2,(H2,13,16)/t11-/m1/s1. The Labute approximate surface area is 103 Å². The fraction of sp³-hybridized carbons (Fsp3) is 0.917. The number of nitrogens with one attached hydrogen (secondary N) is 1. The van der Waals surface area contributed by atoms with Gasteiger partial charge < -0.3 is 20.7 Å². The SMILES string of the molecule is NC(=O)N1CCC(NCC[C@H]2CCCO2)CC1. The molecule has 0 radical (unpaired) electrons. The maximum atomic E-state index is 11.0. The summed E-state index contributed by atoms with van der Waals surface area (Å²) in [5.74, 6) is 0. The normalized spacial score (nSPS) is 26.4. The van der Waals surface area contributed by atoms with Crippen molar-refractivity contribution < 1.29 is 9.53 Å². The number of nitrogens with two attached hydrogens (primary N) is 1. The van der Waals surface area contributed by atoms with E-state index in [9.17, 15) is 4.79 Å². The Morgan fingerprint density at radius 3 is 2.71 bits per heavy atom. The number of primary amides is 1. The van der Waals surface area contributed by atoms with E-state index >= 15 is 0 Å². The number of piperidine rings is 1. The third-order valence-corrected chi connectivity index (χ3v) is 3.73. The molecule has 0 aromatic rings. The first-order valence-corrected chi connectivity index (χ1v) is 6.65. The van der Waals surface area contributed by atoms with E-state index in [2.05, 4.69) is 5.32 Å². The van der Waals surface area contributed by atoms with Crippen LogP contribution in [-0.2, 0) is 4.74 Å². The molecule has 0 aliphatic carbocycles. The predicted molar refractivity (Wildman–Crippen MR) is 65.8 cm³/mol. The smallest absolute Gasteiger partial charge is 0.314 e. The number of nitrogens with zero attached hydrogens (tertiary/aromatic N) is 1. The molecule has 0 bridgehead atoms. The van der Waals surface area contributed by atoms with Crippen molar-refractivity contribution in [3.05, 3.63) is 0 Å². The first-order valence-electron chi connectivity index (χ1n) is 6.65. The van der Waals surface area contributed by atoms with Gasteiger partial charge in [-0.25, -0.2) is 4.79 Å². The Kier molecular flexibility index (Phi) is 4.62. The molecule has 98 valence electrons. The maximum absolute atomic E-state index is 11.0. The molecule has 2 heterocycles. The van der Waals surface area contributed by atoms with Gasteiger partial charge in [0.05, 0.1) is 6.10 Å². The summed E-state index contributed by atoms with van der Waals surface area (Å²) in [5.41, 5.74) is 5.25. The van der Waals surface area contributed by atoms with Crippen LogP contribution in [0.5, 0.6) is 0 Å². The van der Waals surface area contributed by atoms with E-state index in [0.717, 1.165) is 45.5 Å². The summed E-state index contributed by atoms with van der Waals surface area (Å²) in [6.07, 6.45) is 6.01. The molecule has 1 atom stereocenters. The number of ether oxygens (including phenoxy) is 1. The number of hydrogen-bond acceptors (Lipinski definition) is 3. The van der Waals surface area contributed by atoms with E-state index in [1.807, 2.05) is 0 Å². The van der Waals surface area contributed by atoms with Crippen molar-refractivity contribution in [3.8, 4) is 0 Å². The van der Waals surface area contributed by atoms with Crippen LogP contribution in [-0.4, -0.2) is 49.3 Å². The molecule has 5 heteroatoms. The minimum atomic E-state index is -0.289. The minimum absolute atomic E-state index is 0.289. The number of rotatable bonds is 4. The van der Waals surface area contributed by atoms with Gasteiger partial charge in [0.15, 0.2) is 0 Å². The van der Waals surface area contributed by atoms with Crippen molar-refractivity contribution in [1.82, 2.24) is 10.2 Å². The van der Waals surface area contributed by atoms with Crippen LogP contribution in [0.3, 0.4) is 0 Å². The highest BCUT2D eigenvalue weighted by molar-refractivity contribution is 5.72. The fourth-order valence-corrected chi connectivity index (χ4v) is 2.62. The van der Waals surface area contributed by atoms with Crippen LogP contribution >= 0.6 is 0 Å². The van der Waals surface area contributed by atoms with Gasteiger partial charge in [0.25, 0.3) is 0 Å². The van der Waals surface area contributed by atoms with Gasteiger partial charge in [-0.3, -0.25) is 0 Å². The van der Waals surface area contributed by atoms with Gasteiger partial charge in [-0.15, -0.1) is 0 Å². The summed E-state index contributed by atoms with van der Waals surface area (Å²) in [5, 5.41) is 3.55. The zero-order valence-corrected chi connectivity index (χ0v) is 10.4. The zero-order valence-electron chi connectivity index (χ0n) is 10.4. The highest BCUT2D eigenvalue weighted by Gasteiger charge is 2.21. The quantitative estimate of drug-likeness (QED) is 0.761. The minimum Gasteiger partial charge on any atom is -0.378 e. The van der Waals surface area contributed by atoms with Gasteiger partial charge in [0.2, 0.25) is 0 Å². The lowest BCUT2D eigenvalue weighted by atomic mass is 10.0. The lowest BCUT2D eigenvalue weighted by molar-refractivity contribution is 0.102. The Bertz CT molecular complexity index is 246. The Balaban J connectivity index is 1.56. The highest BCUT2D eigenvalue weighted by Crippen LogP contribution is 2.15. The van der Waals surface area contributed by atoms with Crippen LogP contribution in [0.15, 0.2) is 0 Å². The Morgan fingerprint density at radius 1 is 1.35 bits per heavy atom. The van der Waals surface area contributed by atoms with Crippen LogP contribution in [0, 0.1) is 0 Å². The van der Waals surface area contributed by atoms with Gasteiger partial charge in [-0.1, -0.05) is 0 Å². The monoisotopic (exact) mass is 241 g/mol. The van der Waals surface area contributed by atoms with Crippen LogP contribution in [0.1, 0.15) is 32.1 Å². The average Bonchev–Trinajstić information content (AvgIpc) is 2.83. The second kappa shape index (κ2) is 6.21. The first kappa shape index (κ1) is 12.6. The number of carbonyl (C=O) groups excluding carboxylic acids is 1. The summed E-state index contributed by atoms with van der Waals surface area (Å²) < 4.78 is 5.58. The van der Waals surface area contributed by atoms with Crippen LogP contribution in [0.4, 0.5) is 4.79 Å². The fourth-order valence-electron chi connectivity index (χ4n) is 2.62. The van der Waals surface area contributed by atoms with Gasteiger partial charge in [0.1, 0.15) is 0 Å². The van der Waals surface area contributed by atoms with Gasteiger partial charge in [-0.2, -0.15) is 0 Å². The first-order chi connectivity index (χ1) is 8.25. The van der Waals surface area contributed by atoms with Gasteiger partial charge in [-0.05, 0) is 38.6 Å². The molecule has 2 rings (SSSR count). The second-order valence-corrected chi connectivity index (χ2v) is 4.98. The van der Waals surface area contributed by atoms with E-state index in [-0.39, 0.29) is 6.03 Å². The molecule has 0 aromatic carbocycles. The number of carbonyl (C=O) groups is 1. The van der Waals surface area contributed by atoms with E-state index in [0.29, 0.717) is 12.1 Å². The third kappa shape index (κ3) is 3.85. The molecule has 0 saturated carbocycles. The Hall–Kier alpha value is -0.810. The molecule has 2 saturated heterocycles. The lowest BCUT2D eigenvalue weighted by Gasteiger charge is -2.31. The van der Waals surface area contributed by atoms with Gasteiger partial charge in [0, 0.05) is 25.7 Å². The molecule has 2 aliphatic heterocycles. The van der Waals surface area contributed by atoms with Crippen molar-refractivity contribution in [2.24, 2.45) is 5.73 Å². The molecule has 5 nitrogen and oxygen atoms in total. The van der Waals surface area contributed by atoms with Crippen molar-refractivity contribution in [3.63, 3.8) is 0 Å². The number of urea groups is 1. The van der Waals surface area contributed by atoms with Gasteiger partial charge >= 0.3 is 6.03 Å². The number of amides is 2. The largest absolute Gasteiger partial charge is 0.378 e. The number of hydrogen-bond donors (Lipinski definition) is 2. The maximum Gasteiger partial charge on any atom is 0.314 e. The topological polar surface area (TPSA) is 67.6 Å². The molecule has 2 aliphatic rings.